The molecule has 0 saturated heterocycles. The molecular weight excluding hydrogens is 430 g/mol. The van der Waals surface area contributed by atoms with E-state index in [0.717, 1.165) is 21.3 Å². The molecule has 0 unspecified atom stereocenters. The highest BCUT2D eigenvalue weighted by atomic mass is 79.9. The number of rotatable bonds is 7. The van der Waals surface area contributed by atoms with Gasteiger partial charge in [0, 0.05) is 11.0 Å². The first-order valence-corrected chi connectivity index (χ1v) is 10.8. The summed E-state index contributed by atoms with van der Waals surface area (Å²) in [5.41, 5.74) is 2.06. The van der Waals surface area contributed by atoms with Crippen molar-refractivity contribution in [1.82, 2.24) is 5.32 Å². The molecule has 2 aromatic rings. The van der Waals surface area contributed by atoms with E-state index in [0.29, 0.717) is 13.0 Å². The summed E-state index contributed by atoms with van der Waals surface area (Å²) in [6, 6.07) is 12.1. The molecule has 0 aliphatic heterocycles. The molecule has 0 aromatic heterocycles. The minimum atomic E-state index is -3.83. The maximum atomic E-state index is 12.9. The topological polar surface area (TPSA) is 72.5 Å². The summed E-state index contributed by atoms with van der Waals surface area (Å²) >= 11 is 3.28. The Hall–Kier alpha value is -1.86. The van der Waals surface area contributed by atoms with E-state index in [-0.39, 0.29) is 4.90 Å². The third-order valence-corrected chi connectivity index (χ3v) is 7.41. The van der Waals surface area contributed by atoms with Gasteiger partial charge in [-0.3, -0.25) is 4.79 Å². The molecular formula is C20H24BrNO4S. The Kier molecular flexibility index (Phi) is 6.70. The molecule has 0 saturated carbocycles. The van der Waals surface area contributed by atoms with Gasteiger partial charge in [0.25, 0.3) is 0 Å². The molecule has 0 spiro atoms. The summed E-state index contributed by atoms with van der Waals surface area (Å²) in [6.07, 6.45) is 0.547. The predicted molar refractivity (Wildman–Crippen MR) is 110 cm³/mol. The number of methoxy groups -OCH3 is 1. The summed E-state index contributed by atoms with van der Waals surface area (Å²) in [5.74, 6) is 0.216. The number of sulfone groups is 1. The Morgan fingerprint density at radius 2 is 1.78 bits per heavy atom. The van der Waals surface area contributed by atoms with E-state index in [4.69, 9.17) is 4.74 Å². The van der Waals surface area contributed by atoms with Gasteiger partial charge in [-0.25, -0.2) is 8.42 Å². The lowest BCUT2D eigenvalue weighted by Gasteiger charge is -2.24. The molecule has 146 valence electrons. The van der Waals surface area contributed by atoms with Gasteiger partial charge in [0.05, 0.1) is 12.0 Å². The zero-order valence-corrected chi connectivity index (χ0v) is 18.3. The first kappa shape index (κ1) is 21.4. The maximum absolute atomic E-state index is 12.9. The van der Waals surface area contributed by atoms with Crippen molar-refractivity contribution in [3.8, 4) is 5.75 Å². The lowest BCUT2D eigenvalue weighted by atomic mass is 10.1. The maximum Gasteiger partial charge on any atom is 0.241 e. The van der Waals surface area contributed by atoms with E-state index >= 15 is 0 Å². The van der Waals surface area contributed by atoms with Gasteiger partial charge in [-0.05, 0) is 63.1 Å². The number of carbonyl (C=O) groups excluding carboxylic acids is 1. The van der Waals surface area contributed by atoms with Crippen LogP contribution in [0.25, 0.3) is 0 Å². The van der Waals surface area contributed by atoms with Crippen LogP contribution in [-0.2, 0) is 21.1 Å². The molecule has 1 amide bonds. The second-order valence-electron chi connectivity index (χ2n) is 6.79. The number of hydrogen-bond donors (Lipinski definition) is 1. The Bertz CT molecular complexity index is 921. The Morgan fingerprint density at radius 3 is 2.37 bits per heavy atom. The van der Waals surface area contributed by atoms with Gasteiger partial charge in [-0.1, -0.05) is 33.6 Å². The van der Waals surface area contributed by atoms with E-state index < -0.39 is 20.5 Å². The Balaban J connectivity index is 2.10. The molecule has 2 aromatic carbocycles. The molecule has 27 heavy (non-hydrogen) atoms. The van der Waals surface area contributed by atoms with Crippen LogP contribution in [0.2, 0.25) is 0 Å². The molecule has 0 bridgehead atoms. The van der Waals surface area contributed by atoms with Gasteiger partial charge < -0.3 is 10.1 Å². The van der Waals surface area contributed by atoms with Crippen LogP contribution >= 0.6 is 15.9 Å². The first-order valence-electron chi connectivity index (χ1n) is 8.51. The number of halogens is 1. The lowest BCUT2D eigenvalue weighted by Crippen LogP contribution is -2.48. The predicted octanol–water partition coefficient (Wildman–Crippen LogP) is 3.68. The SMILES string of the molecule is COc1ccc(C)cc1CCNC(=O)C(C)(C)S(=O)(=O)c1ccc(Br)cc1. The molecule has 5 nitrogen and oxygen atoms in total. The fourth-order valence-corrected chi connectivity index (χ4v) is 4.32. The molecule has 0 radical (unpaired) electrons. The fourth-order valence-electron chi connectivity index (χ4n) is 2.66. The van der Waals surface area contributed by atoms with Gasteiger partial charge in [-0.15, -0.1) is 0 Å². The van der Waals surface area contributed by atoms with Crippen molar-refractivity contribution in [2.45, 2.75) is 36.8 Å². The standard InChI is InChI=1S/C20H24BrNO4S/c1-14-5-10-18(26-4)15(13-14)11-12-22-19(23)20(2,3)27(24,25)17-8-6-16(21)7-9-17/h5-10,13H,11-12H2,1-4H3,(H,22,23). The number of carbonyl (C=O) groups is 1. The van der Waals surface area contributed by atoms with Crippen LogP contribution in [0.5, 0.6) is 5.75 Å². The highest BCUT2D eigenvalue weighted by Gasteiger charge is 2.42. The van der Waals surface area contributed by atoms with Crippen LogP contribution in [0.3, 0.4) is 0 Å². The van der Waals surface area contributed by atoms with Gasteiger partial charge in [0.15, 0.2) is 9.84 Å². The van der Waals surface area contributed by atoms with Crippen LogP contribution in [0, 0.1) is 6.92 Å². The van der Waals surface area contributed by atoms with Gasteiger partial charge >= 0.3 is 0 Å². The van der Waals surface area contributed by atoms with E-state index in [2.05, 4.69) is 21.2 Å². The summed E-state index contributed by atoms with van der Waals surface area (Å²) in [5, 5.41) is 2.75. The van der Waals surface area contributed by atoms with Crippen molar-refractivity contribution in [2.75, 3.05) is 13.7 Å². The third-order valence-electron chi connectivity index (χ3n) is 4.46. The van der Waals surface area contributed by atoms with E-state index in [1.807, 2.05) is 25.1 Å². The molecule has 7 heteroatoms. The zero-order chi connectivity index (χ0) is 20.2. The van der Waals surface area contributed by atoms with Crippen molar-refractivity contribution in [3.05, 3.63) is 58.1 Å². The Labute approximate surface area is 169 Å². The quantitative estimate of drug-likeness (QED) is 0.693. The minimum absolute atomic E-state index is 0.117. The number of hydrogen-bond acceptors (Lipinski definition) is 4. The monoisotopic (exact) mass is 453 g/mol. The lowest BCUT2D eigenvalue weighted by molar-refractivity contribution is -0.122. The molecule has 0 aliphatic rings. The van der Waals surface area contributed by atoms with E-state index in [9.17, 15) is 13.2 Å². The van der Waals surface area contributed by atoms with Crippen molar-refractivity contribution < 1.29 is 17.9 Å². The third kappa shape index (κ3) is 4.71. The van der Waals surface area contributed by atoms with Crippen molar-refractivity contribution in [3.63, 3.8) is 0 Å². The van der Waals surface area contributed by atoms with E-state index in [1.165, 1.54) is 26.0 Å². The summed E-state index contributed by atoms with van der Waals surface area (Å²) < 4.78 is 30.3. The molecule has 2 rings (SSSR count). The molecule has 1 N–H and O–H groups in total. The van der Waals surface area contributed by atoms with E-state index in [1.54, 1.807) is 19.2 Å². The minimum Gasteiger partial charge on any atom is -0.496 e. The first-order chi connectivity index (χ1) is 12.6. The van der Waals surface area contributed by atoms with Gasteiger partial charge in [-0.2, -0.15) is 0 Å². The van der Waals surface area contributed by atoms with Crippen LogP contribution < -0.4 is 10.1 Å². The zero-order valence-electron chi connectivity index (χ0n) is 15.9. The van der Waals surface area contributed by atoms with Crippen molar-refractivity contribution in [1.29, 1.82) is 0 Å². The van der Waals surface area contributed by atoms with Crippen molar-refractivity contribution in [2.24, 2.45) is 0 Å². The summed E-state index contributed by atoms with van der Waals surface area (Å²) in [7, 11) is -2.23. The number of amides is 1. The molecule has 0 fully saturated rings. The highest BCUT2D eigenvalue weighted by molar-refractivity contribution is 9.10. The number of benzene rings is 2. The highest BCUT2D eigenvalue weighted by Crippen LogP contribution is 2.27. The van der Waals surface area contributed by atoms with Crippen LogP contribution in [-0.4, -0.2) is 32.7 Å². The van der Waals surface area contributed by atoms with Gasteiger partial charge in [0.1, 0.15) is 10.5 Å². The average Bonchev–Trinajstić information content (AvgIpc) is 2.62. The average molecular weight is 454 g/mol. The fraction of sp³-hybridized carbons (Fsp3) is 0.350. The van der Waals surface area contributed by atoms with Crippen LogP contribution in [0.15, 0.2) is 51.8 Å². The van der Waals surface area contributed by atoms with Crippen LogP contribution in [0.1, 0.15) is 25.0 Å². The number of nitrogens with one attached hydrogen (secondary N) is 1. The van der Waals surface area contributed by atoms with Crippen molar-refractivity contribution >= 4 is 31.7 Å². The van der Waals surface area contributed by atoms with Gasteiger partial charge in [0.2, 0.25) is 5.91 Å². The molecule has 0 aliphatic carbocycles. The molecule has 0 atom stereocenters. The normalized spacial score (nSPS) is 11.9. The smallest absolute Gasteiger partial charge is 0.241 e. The Morgan fingerprint density at radius 1 is 1.15 bits per heavy atom. The largest absolute Gasteiger partial charge is 0.496 e. The second-order valence-corrected chi connectivity index (χ2v) is 10.2. The second kappa shape index (κ2) is 8.44. The number of aryl methyl sites for hydroxylation is 1. The summed E-state index contributed by atoms with van der Waals surface area (Å²) in [6.45, 7) is 5.15. The van der Waals surface area contributed by atoms with Crippen LogP contribution in [0.4, 0.5) is 0 Å². The molecule has 0 heterocycles. The summed E-state index contributed by atoms with van der Waals surface area (Å²) in [4.78, 5) is 12.7. The number of ether oxygens (including phenoxy) is 1.